The molecule has 0 spiro atoms. The Labute approximate surface area is 126 Å². The van der Waals surface area contributed by atoms with Crippen molar-refractivity contribution in [3.8, 4) is 0 Å². The van der Waals surface area contributed by atoms with Crippen LogP contribution in [0.25, 0.3) is 0 Å². The van der Waals surface area contributed by atoms with Gasteiger partial charge in [0.05, 0.1) is 0 Å². The summed E-state index contributed by atoms with van der Waals surface area (Å²) in [7, 11) is 0. The van der Waals surface area contributed by atoms with E-state index in [9.17, 15) is 0 Å². The first-order valence-corrected chi connectivity index (χ1v) is 8.73. The topological polar surface area (TPSA) is 30.5 Å². The molecule has 2 N–H and O–H groups in total. The smallest absolute Gasteiger partial charge is 0.0110 e. The van der Waals surface area contributed by atoms with E-state index in [0.717, 1.165) is 0 Å². The van der Waals surface area contributed by atoms with Crippen molar-refractivity contribution in [2.75, 3.05) is 65.4 Å². The first-order valence-electron chi connectivity index (χ1n) is 8.73. The van der Waals surface area contributed by atoms with Gasteiger partial charge in [0.1, 0.15) is 0 Å². The fourth-order valence-electron chi connectivity index (χ4n) is 2.70. The molecular formula is C16H36N4. The number of nitrogens with one attached hydrogen (secondary N) is 2. The van der Waals surface area contributed by atoms with E-state index in [1.807, 2.05) is 0 Å². The Morgan fingerprint density at radius 1 is 0.650 bits per heavy atom. The fraction of sp³-hybridized carbons (Fsp3) is 1.00. The van der Waals surface area contributed by atoms with Crippen molar-refractivity contribution >= 4 is 0 Å². The van der Waals surface area contributed by atoms with E-state index in [1.54, 1.807) is 0 Å². The van der Waals surface area contributed by atoms with E-state index in [4.69, 9.17) is 0 Å². The molecule has 0 amide bonds. The highest BCUT2D eigenvalue weighted by Gasteiger charge is 2.15. The predicted molar refractivity (Wildman–Crippen MR) is 88.4 cm³/mol. The van der Waals surface area contributed by atoms with Crippen LogP contribution in [0.15, 0.2) is 0 Å². The van der Waals surface area contributed by atoms with E-state index in [1.165, 1.54) is 91.1 Å². The lowest BCUT2D eigenvalue weighted by Gasteiger charge is -2.34. The van der Waals surface area contributed by atoms with E-state index in [2.05, 4.69) is 34.3 Å². The van der Waals surface area contributed by atoms with E-state index in [0.29, 0.717) is 0 Å². The molecule has 0 unspecified atom stereocenters. The Kier molecular flexibility index (Phi) is 11.2. The van der Waals surface area contributed by atoms with Gasteiger partial charge >= 0.3 is 0 Å². The summed E-state index contributed by atoms with van der Waals surface area (Å²) < 4.78 is 0. The summed E-state index contributed by atoms with van der Waals surface area (Å²) in [6.45, 7) is 16.7. The molecule has 20 heavy (non-hydrogen) atoms. The molecule has 1 aliphatic heterocycles. The number of rotatable bonds is 12. The summed E-state index contributed by atoms with van der Waals surface area (Å²) in [5, 5.41) is 6.97. The van der Waals surface area contributed by atoms with Gasteiger partial charge in [-0.15, -0.1) is 0 Å². The monoisotopic (exact) mass is 284 g/mol. The quantitative estimate of drug-likeness (QED) is 0.530. The lowest BCUT2D eigenvalue weighted by molar-refractivity contribution is 0.130. The van der Waals surface area contributed by atoms with Crippen molar-refractivity contribution < 1.29 is 0 Å². The Hall–Kier alpha value is -0.160. The van der Waals surface area contributed by atoms with Gasteiger partial charge in [0.25, 0.3) is 0 Å². The summed E-state index contributed by atoms with van der Waals surface area (Å²) in [4.78, 5) is 5.25. The lowest BCUT2D eigenvalue weighted by atomic mass is 10.2. The van der Waals surface area contributed by atoms with Crippen molar-refractivity contribution in [2.24, 2.45) is 0 Å². The van der Waals surface area contributed by atoms with Gasteiger partial charge < -0.3 is 20.4 Å². The molecule has 0 atom stereocenters. The van der Waals surface area contributed by atoms with Gasteiger partial charge in [-0.2, -0.15) is 0 Å². The molecule has 1 fully saturated rings. The molecule has 0 aromatic carbocycles. The second-order valence-corrected chi connectivity index (χ2v) is 5.89. The Morgan fingerprint density at radius 2 is 1.05 bits per heavy atom. The Morgan fingerprint density at radius 3 is 1.40 bits per heavy atom. The normalized spacial score (nSPS) is 17.7. The molecule has 4 heteroatoms. The van der Waals surface area contributed by atoms with Crippen LogP contribution in [0.3, 0.4) is 0 Å². The van der Waals surface area contributed by atoms with Gasteiger partial charge in [-0.05, 0) is 65.0 Å². The highest BCUT2D eigenvalue weighted by molar-refractivity contribution is 4.72. The molecule has 120 valence electrons. The molecule has 1 aliphatic rings. The van der Waals surface area contributed by atoms with Crippen molar-refractivity contribution in [3.05, 3.63) is 0 Å². The third-order valence-electron chi connectivity index (χ3n) is 3.97. The van der Waals surface area contributed by atoms with Crippen LogP contribution in [0.1, 0.15) is 39.5 Å². The fourth-order valence-corrected chi connectivity index (χ4v) is 2.70. The van der Waals surface area contributed by atoms with Crippen LogP contribution in [0.4, 0.5) is 0 Å². The lowest BCUT2D eigenvalue weighted by Crippen LogP contribution is -2.47. The third kappa shape index (κ3) is 8.90. The second kappa shape index (κ2) is 12.6. The first-order chi connectivity index (χ1) is 9.86. The summed E-state index contributed by atoms with van der Waals surface area (Å²) in [6, 6.07) is 0. The van der Waals surface area contributed by atoms with Gasteiger partial charge in [-0.1, -0.05) is 13.8 Å². The van der Waals surface area contributed by atoms with Crippen molar-refractivity contribution in [3.63, 3.8) is 0 Å². The maximum absolute atomic E-state index is 3.48. The summed E-state index contributed by atoms with van der Waals surface area (Å²) in [5.41, 5.74) is 0. The minimum atomic E-state index is 1.17. The largest absolute Gasteiger partial charge is 0.317 e. The summed E-state index contributed by atoms with van der Waals surface area (Å²) >= 11 is 0. The third-order valence-corrected chi connectivity index (χ3v) is 3.97. The van der Waals surface area contributed by atoms with Gasteiger partial charge in [-0.25, -0.2) is 0 Å². The van der Waals surface area contributed by atoms with Crippen molar-refractivity contribution in [1.82, 2.24) is 20.4 Å². The Balaban J connectivity index is 1.91. The molecule has 1 rings (SSSR count). The van der Waals surface area contributed by atoms with Crippen LogP contribution >= 0.6 is 0 Å². The standard InChI is InChI=1S/C16H36N4/c1-3-7-17-9-5-11-19-13-15-20(16-14-19)12-6-10-18-8-4-2/h17-18H,3-16H2,1-2H3. The zero-order valence-corrected chi connectivity index (χ0v) is 13.8. The molecule has 1 saturated heterocycles. The number of hydrogen-bond acceptors (Lipinski definition) is 4. The molecule has 0 radical (unpaired) electrons. The van der Waals surface area contributed by atoms with Crippen LogP contribution in [-0.2, 0) is 0 Å². The van der Waals surface area contributed by atoms with Gasteiger partial charge in [0.2, 0.25) is 0 Å². The maximum atomic E-state index is 3.48. The first kappa shape index (κ1) is 17.9. The number of nitrogens with zero attached hydrogens (tertiary/aromatic N) is 2. The minimum absolute atomic E-state index is 1.17. The second-order valence-electron chi connectivity index (χ2n) is 5.89. The molecule has 0 aromatic heterocycles. The van der Waals surface area contributed by atoms with Gasteiger partial charge in [0.15, 0.2) is 0 Å². The molecule has 0 aromatic rings. The zero-order valence-electron chi connectivity index (χ0n) is 13.8. The van der Waals surface area contributed by atoms with E-state index < -0.39 is 0 Å². The van der Waals surface area contributed by atoms with E-state index >= 15 is 0 Å². The SMILES string of the molecule is CCCNCCCN1CCN(CCCNCCC)CC1. The van der Waals surface area contributed by atoms with Crippen LogP contribution in [-0.4, -0.2) is 75.2 Å². The molecule has 0 bridgehead atoms. The van der Waals surface area contributed by atoms with Gasteiger partial charge in [-0.3, -0.25) is 0 Å². The maximum Gasteiger partial charge on any atom is 0.0110 e. The molecule has 4 nitrogen and oxygen atoms in total. The average molecular weight is 284 g/mol. The molecule has 1 heterocycles. The molecule has 0 saturated carbocycles. The average Bonchev–Trinajstić information content (AvgIpc) is 2.48. The minimum Gasteiger partial charge on any atom is -0.317 e. The molecule has 0 aliphatic carbocycles. The van der Waals surface area contributed by atoms with Gasteiger partial charge in [0, 0.05) is 26.2 Å². The number of piperazine rings is 1. The Bertz CT molecular complexity index is 181. The zero-order chi connectivity index (χ0) is 14.5. The van der Waals surface area contributed by atoms with Crippen LogP contribution < -0.4 is 10.6 Å². The summed E-state index contributed by atoms with van der Waals surface area (Å²) in [6.07, 6.45) is 5.07. The van der Waals surface area contributed by atoms with Crippen molar-refractivity contribution in [2.45, 2.75) is 39.5 Å². The number of hydrogen-bond donors (Lipinski definition) is 2. The molecular weight excluding hydrogens is 248 g/mol. The predicted octanol–water partition coefficient (Wildman–Crippen LogP) is 1.38. The van der Waals surface area contributed by atoms with Crippen LogP contribution in [0, 0.1) is 0 Å². The van der Waals surface area contributed by atoms with Crippen LogP contribution in [0.5, 0.6) is 0 Å². The summed E-state index contributed by atoms with van der Waals surface area (Å²) in [5.74, 6) is 0. The highest BCUT2D eigenvalue weighted by Crippen LogP contribution is 2.02. The van der Waals surface area contributed by atoms with E-state index in [-0.39, 0.29) is 0 Å². The highest BCUT2D eigenvalue weighted by atomic mass is 15.3. The van der Waals surface area contributed by atoms with Crippen LogP contribution in [0.2, 0.25) is 0 Å². The van der Waals surface area contributed by atoms with Crippen molar-refractivity contribution in [1.29, 1.82) is 0 Å².